The van der Waals surface area contributed by atoms with Crippen molar-refractivity contribution in [3.63, 3.8) is 0 Å². The maximum absolute atomic E-state index is 9.67. The Balaban J connectivity index is -0.0000000650. The van der Waals surface area contributed by atoms with Gasteiger partial charge in [0.15, 0.2) is 0 Å². The van der Waals surface area contributed by atoms with Crippen molar-refractivity contribution in [3.05, 3.63) is 35.9 Å². The van der Waals surface area contributed by atoms with Gasteiger partial charge >= 0.3 is 6.68 Å². The molecule has 0 unspecified atom stereocenters. The highest BCUT2D eigenvalue weighted by molar-refractivity contribution is 5.86. The molecule has 0 aliphatic carbocycles. The second-order valence-corrected chi connectivity index (χ2v) is 1.90. The first-order valence-corrected chi connectivity index (χ1v) is 3.07. The fraction of sp³-hybridized carbons (Fsp3) is 0.250. The van der Waals surface area contributed by atoms with Crippen LogP contribution in [0.2, 0.25) is 0 Å². The van der Waals surface area contributed by atoms with Crippen LogP contribution < -0.4 is 0 Å². The van der Waals surface area contributed by atoms with Crippen molar-refractivity contribution < 1.29 is 13.2 Å². The summed E-state index contributed by atoms with van der Waals surface area (Å²) in [6.45, 7) is -1.58. The molecule has 14 heavy (non-hydrogen) atoms. The van der Waals surface area contributed by atoms with E-state index in [0.717, 1.165) is 0 Å². The zero-order valence-corrected chi connectivity index (χ0v) is 9.77. The fourth-order valence-corrected chi connectivity index (χ4v) is 0.534. The largest absolute Gasteiger partial charge is 0.379 e. The molecular formula is C8H12Cl3F3. The van der Waals surface area contributed by atoms with Crippen molar-refractivity contribution >= 4 is 37.2 Å². The number of hydrogen-bond acceptors (Lipinski definition) is 0. The number of rotatable bonds is 0. The third-order valence-corrected chi connectivity index (χ3v) is 0.940. The Hall–Kier alpha value is -0.120. The fourth-order valence-electron chi connectivity index (χ4n) is 0.534. The van der Waals surface area contributed by atoms with Crippen LogP contribution in [0, 0.1) is 6.92 Å². The predicted octanol–water partition coefficient (Wildman–Crippen LogP) is 4.44. The average Bonchev–Trinajstić information content (AvgIpc) is 1.87. The molecular weight excluding hydrogens is 259 g/mol. The summed E-state index contributed by atoms with van der Waals surface area (Å²) in [7, 11) is 0. The van der Waals surface area contributed by atoms with E-state index in [0.29, 0.717) is 0 Å². The molecule has 0 aliphatic heterocycles. The van der Waals surface area contributed by atoms with Crippen LogP contribution >= 0.6 is 37.2 Å². The van der Waals surface area contributed by atoms with E-state index in [1.165, 1.54) is 5.56 Å². The van der Waals surface area contributed by atoms with E-state index in [4.69, 9.17) is 0 Å². The van der Waals surface area contributed by atoms with Crippen molar-refractivity contribution in [2.75, 3.05) is 0 Å². The van der Waals surface area contributed by atoms with Crippen LogP contribution in [0.1, 0.15) is 5.56 Å². The molecule has 0 aromatic heterocycles. The molecule has 0 saturated heterocycles. The lowest BCUT2D eigenvalue weighted by Crippen LogP contribution is -1.65. The molecule has 1 aromatic rings. The Labute approximate surface area is 100 Å². The van der Waals surface area contributed by atoms with Gasteiger partial charge in [-0.3, -0.25) is 0 Å². The highest BCUT2D eigenvalue weighted by atomic mass is 35.5. The first-order chi connectivity index (χ1) is 5.13. The maximum atomic E-state index is 9.67. The summed E-state index contributed by atoms with van der Waals surface area (Å²) in [6, 6.07) is 10.3. The number of halogens is 6. The number of hydrogen-bond donors (Lipinski definition) is 0. The normalized spacial score (nSPS) is 6.93. The second-order valence-electron chi connectivity index (χ2n) is 1.90. The summed E-state index contributed by atoms with van der Waals surface area (Å²) < 4.78 is 29.0. The molecule has 0 aliphatic rings. The van der Waals surface area contributed by atoms with E-state index in [-0.39, 0.29) is 37.2 Å². The van der Waals surface area contributed by atoms with E-state index in [1.54, 1.807) is 0 Å². The first-order valence-electron chi connectivity index (χ1n) is 3.07. The van der Waals surface area contributed by atoms with Crippen LogP contribution in [0.15, 0.2) is 30.3 Å². The molecule has 6 heteroatoms. The van der Waals surface area contributed by atoms with Crippen LogP contribution in [-0.2, 0) is 0 Å². The van der Waals surface area contributed by atoms with Gasteiger partial charge in [-0.15, -0.1) is 37.2 Å². The van der Waals surface area contributed by atoms with Gasteiger partial charge in [-0.25, -0.2) is 0 Å². The van der Waals surface area contributed by atoms with Crippen molar-refractivity contribution in [2.45, 2.75) is 13.6 Å². The second kappa shape index (κ2) is 15.4. The van der Waals surface area contributed by atoms with Gasteiger partial charge in [-0.1, -0.05) is 35.9 Å². The van der Waals surface area contributed by atoms with Crippen molar-refractivity contribution in [3.8, 4) is 0 Å². The van der Waals surface area contributed by atoms with Crippen LogP contribution in [0.25, 0.3) is 0 Å². The summed E-state index contributed by atoms with van der Waals surface area (Å²) in [4.78, 5) is 0. The molecule has 0 saturated carbocycles. The standard InChI is InChI=1S/C7H8.CHF3.3ClH/c1-7-5-3-2-4-6-7;2-1(3)4;;;/h2-6H,1H3;1H;3*1H. The minimum absolute atomic E-state index is 0. The summed E-state index contributed by atoms with van der Waals surface area (Å²) in [5.41, 5.74) is 1.32. The van der Waals surface area contributed by atoms with Crippen molar-refractivity contribution in [1.29, 1.82) is 0 Å². The molecule has 0 fully saturated rings. The van der Waals surface area contributed by atoms with Crippen molar-refractivity contribution in [1.82, 2.24) is 0 Å². The molecule has 0 spiro atoms. The SMILES string of the molecule is Cc1ccccc1.Cl.Cl.Cl.FC(F)F. The molecule has 0 radical (unpaired) electrons. The molecule has 1 rings (SSSR count). The van der Waals surface area contributed by atoms with Gasteiger partial charge in [0.2, 0.25) is 0 Å². The molecule has 86 valence electrons. The highest BCUT2D eigenvalue weighted by Crippen LogP contribution is 1.92. The van der Waals surface area contributed by atoms with E-state index < -0.39 is 6.68 Å². The number of aryl methyl sites for hydroxylation is 1. The Kier molecular flexibility index (Phi) is 25.9. The third-order valence-electron chi connectivity index (χ3n) is 0.940. The van der Waals surface area contributed by atoms with Gasteiger partial charge in [-0.2, -0.15) is 13.2 Å². The molecule has 0 heterocycles. The molecule has 0 nitrogen and oxygen atoms in total. The van der Waals surface area contributed by atoms with Crippen LogP contribution in [0.4, 0.5) is 13.2 Å². The number of benzene rings is 1. The van der Waals surface area contributed by atoms with Crippen LogP contribution in [0.3, 0.4) is 0 Å². The van der Waals surface area contributed by atoms with E-state index >= 15 is 0 Å². The maximum Gasteiger partial charge on any atom is 0.379 e. The molecule has 0 atom stereocenters. The number of alkyl halides is 3. The Bertz CT molecular complexity index is 180. The lowest BCUT2D eigenvalue weighted by atomic mass is 10.2. The molecule has 0 amide bonds. The Morgan fingerprint density at radius 3 is 1.29 bits per heavy atom. The lowest BCUT2D eigenvalue weighted by molar-refractivity contribution is 0.00819. The predicted molar refractivity (Wildman–Crippen MR) is 60.0 cm³/mol. The van der Waals surface area contributed by atoms with Gasteiger partial charge < -0.3 is 0 Å². The quantitative estimate of drug-likeness (QED) is 0.654. The van der Waals surface area contributed by atoms with Crippen LogP contribution in [-0.4, -0.2) is 6.68 Å². The minimum atomic E-state index is -3.67. The summed E-state index contributed by atoms with van der Waals surface area (Å²) in [5.74, 6) is 0. The van der Waals surface area contributed by atoms with E-state index in [2.05, 4.69) is 19.1 Å². The van der Waals surface area contributed by atoms with Gasteiger partial charge in [0, 0.05) is 0 Å². The lowest BCUT2D eigenvalue weighted by Gasteiger charge is -1.82. The third kappa shape index (κ3) is 22.6. The van der Waals surface area contributed by atoms with Gasteiger partial charge in [0.1, 0.15) is 0 Å². The topological polar surface area (TPSA) is 0 Å². The zero-order chi connectivity index (χ0) is 8.69. The van der Waals surface area contributed by atoms with Crippen molar-refractivity contribution in [2.24, 2.45) is 0 Å². The monoisotopic (exact) mass is 270 g/mol. The Morgan fingerprint density at radius 1 is 0.857 bits per heavy atom. The smallest absolute Gasteiger partial charge is 0.174 e. The van der Waals surface area contributed by atoms with E-state index in [1.807, 2.05) is 18.2 Å². The summed E-state index contributed by atoms with van der Waals surface area (Å²) >= 11 is 0. The van der Waals surface area contributed by atoms with Gasteiger partial charge in [0.05, 0.1) is 0 Å². The van der Waals surface area contributed by atoms with Gasteiger partial charge in [0.25, 0.3) is 0 Å². The highest BCUT2D eigenvalue weighted by Gasteiger charge is 1.86. The average molecular weight is 272 g/mol. The minimum Gasteiger partial charge on any atom is -0.174 e. The molecule has 1 aromatic carbocycles. The molecule has 0 bridgehead atoms. The van der Waals surface area contributed by atoms with Crippen LogP contribution in [0.5, 0.6) is 0 Å². The molecule has 0 N–H and O–H groups in total. The first kappa shape index (κ1) is 23.6. The summed E-state index contributed by atoms with van der Waals surface area (Å²) in [6.07, 6.45) is 0. The summed E-state index contributed by atoms with van der Waals surface area (Å²) in [5, 5.41) is 0. The Morgan fingerprint density at radius 2 is 1.14 bits per heavy atom. The zero-order valence-electron chi connectivity index (χ0n) is 7.32. The van der Waals surface area contributed by atoms with Gasteiger partial charge in [-0.05, 0) is 6.92 Å². The van der Waals surface area contributed by atoms with E-state index in [9.17, 15) is 13.2 Å².